The lowest BCUT2D eigenvalue weighted by Crippen LogP contribution is -2.04. The maximum atomic E-state index is 13.3. The van der Waals surface area contributed by atoms with Crippen LogP contribution in [0.4, 0.5) is 24.5 Å². The minimum Gasteiger partial charge on any atom is -0.453 e. The highest BCUT2D eigenvalue weighted by Crippen LogP contribution is 2.41. The molecule has 4 rings (SSSR count). The first-order chi connectivity index (χ1) is 12.5. The van der Waals surface area contributed by atoms with Crippen LogP contribution in [0.1, 0.15) is 18.1 Å². The van der Waals surface area contributed by atoms with Gasteiger partial charge in [-0.05, 0) is 30.2 Å². The number of hydrogen-bond acceptors (Lipinski definition) is 2. The second-order valence-electron chi connectivity index (χ2n) is 6.10. The third-order valence-electron chi connectivity index (χ3n) is 4.50. The Morgan fingerprint density at radius 3 is 2.19 bits per heavy atom. The summed E-state index contributed by atoms with van der Waals surface area (Å²) in [4.78, 5) is 0. The Hall–Kier alpha value is -2.95. The number of para-hydroxylation sites is 3. The van der Waals surface area contributed by atoms with Crippen molar-refractivity contribution < 1.29 is 17.6 Å². The molecule has 0 aliphatic rings. The first kappa shape index (κ1) is 16.5. The Kier molecular flexibility index (Phi) is 3.87. The lowest BCUT2D eigenvalue weighted by Gasteiger charge is -2.11. The van der Waals surface area contributed by atoms with Crippen molar-refractivity contribution in [3.8, 4) is 0 Å². The van der Waals surface area contributed by atoms with E-state index in [0.717, 1.165) is 23.7 Å². The minimum atomic E-state index is -4.46. The van der Waals surface area contributed by atoms with Crippen LogP contribution in [-0.4, -0.2) is 0 Å². The van der Waals surface area contributed by atoms with E-state index < -0.39 is 11.7 Å². The first-order valence-electron chi connectivity index (χ1n) is 8.35. The Bertz CT molecular complexity index is 1100. The maximum Gasteiger partial charge on any atom is 0.420 e. The lowest BCUT2D eigenvalue weighted by atomic mass is 10.1. The van der Waals surface area contributed by atoms with Crippen LogP contribution in [0.2, 0.25) is 0 Å². The molecule has 1 N–H and O–H groups in total. The zero-order chi connectivity index (χ0) is 18.3. The Morgan fingerprint density at radius 1 is 0.808 bits per heavy atom. The monoisotopic (exact) mass is 355 g/mol. The van der Waals surface area contributed by atoms with Crippen LogP contribution in [-0.2, 0) is 12.6 Å². The van der Waals surface area contributed by atoms with Gasteiger partial charge in [-0.1, -0.05) is 49.4 Å². The Morgan fingerprint density at radius 2 is 1.46 bits per heavy atom. The molecule has 3 aromatic carbocycles. The van der Waals surface area contributed by atoms with Gasteiger partial charge >= 0.3 is 6.18 Å². The van der Waals surface area contributed by atoms with Crippen molar-refractivity contribution in [2.75, 3.05) is 5.32 Å². The van der Waals surface area contributed by atoms with E-state index in [4.69, 9.17) is 4.42 Å². The van der Waals surface area contributed by atoms with Crippen LogP contribution in [0.15, 0.2) is 65.1 Å². The summed E-state index contributed by atoms with van der Waals surface area (Å²) < 4.78 is 45.7. The zero-order valence-electron chi connectivity index (χ0n) is 14.0. The summed E-state index contributed by atoms with van der Waals surface area (Å²) in [7, 11) is 0. The van der Waals surface area contributed by atoms with Crippen molar-refractivity contribution in [2.45, 2.75) is 19.5 Å². The van der Waals surface area contributed by atoms with E-state index in [-0.39, 0.29) is 5.58 Å². The van der Waals surface area contributed by atoms with Gasteiger partial charge in [-0.25, -0.2) is 0 Å². The van der Waals surface area contributed by atoms with Gasteiger partial charge in [-0.15, -0.1) is 0 Å². The summed E-state index contributed by atoms with van der Waals surface area (Å²) in [5.74, 6) is 0. The summed E-state index contributed by atoms with van der Waals surface area (Å²) in [5.41, 5.74) is 2.22. The largest absolute Gasteiger partial charge is 0.453 e. The fourth-order valence-electron chi connectivity index (χ4n) is 3.24. The number of fused-ring (bicyclic) bond motifs is 3. The number of furan rings is 1. The molecule has 0 saturated carbocycles. The average Bonchev–Trinajstić information content (AvgIpc) is 3.01. The van der Waals surface area contributed by atoms with Crippen molar-refractivity contribution in [3.05, 3.63) is 71.8 Å². The van der Waals surface area contributed by atoms with Crippen LogP contribution < -0.4 is 5.32 Å². The number of benzene rings is 3. The maximum absolute atomic E-state index is 13.3. The van der Waals surface area contributed by atoms with Gasteiger partial charge in [-0.2, -0.15) is 13.2 Å². The highest BCUT2D eigenvalue weighted by Gasteiger charge is 2.34. The van der Waals surface area contributed by atoms with Gasteiger partial charge in [0.1, 0.15) is 5.58 Å². The van der Waals surface area contributed by atoms with Gasteiger partial charge in [0.2, 0.25) is 0 Å². The minimum absolute atomic E-state index is 0.131. The van der Waals surface area contributed by atoms with E-state index in [1.807, 2.05) is 36.4 Å². The van der Waals surface area contributed by atoms with Gasteiger partial charge in [0.15, 0.2) is 5.58 Å². The second kappa shape index (κ2) is 6.09. The molecule has 132 valence electrons. The fourth-order valence-corrected chi connectivity index (χ4v) is 3.24. The first-order valence-corrected chi connectivity index (χ1v) is 8.35. The normalized spacial score (nSPS) is 12.0. The highest BCUT2D eigenvalue weighted by molar-refractivity contribution is 6.10. The van der Waals surface area contributed by atoms with E-state index in [1.54, 1.807) is 12.1 Å². The number of halogens is 3. The van der Waals surface area contributed by atoms with Crippen molar-refractivity contribution in [1.82, 2.24) is 0 Å². The number of alkyl halides is 3. The van der Waals surface area contributed by atoms with Gasteiger partial charge < -0.3 is 9.73 Å². The van der Waals surface area contributed by atoms with Crippen molar-refractivity contribution in [2.24, 2.45) is 0 Å². The SMILES string of the molecule is CCc1ccccc1Nc1cccc2c1oc1c(C(F)(F)F)cccc12. The predicted octanol–water partition coefficient (Wildman–Crippen LogP) is 6.91. The topological polar surface area (TPSA) is 25.2 Å². The molecule has 0 aliphatic carbocycles. The summed E-state index contributed by atoms with van der Waals surface area (Å²) in [6, 6.07) is 17.3. The second-order valence-corrected chi connectivity index (χ2v) is 6.10. The summed E-state index contributed by atoms with van der Waals surface area (Å²) in [6.07, 6.45) is -3.62. The molecule has 0 aliphatic heterocycles. The fraction of sp³-hybridized carbons (Fsp3) is 0.143. The third kappa shape index (κ3) is 2.69. The molecule has 1 aromatic heterocycles. The average molecular weight is 355 g/mol. The van der Waals surface area contributed by atoms with Gasteiger partial charge in [0.25, 0.3) is 0 Å². The Balaban J connectivity index is 1.92. The molecule has 0 radical (unpaired) electrons. The molecule has 0 saturated heterocycles. The summed E-state index contributed by atoms with van der Waals surface area (Å²) >= 11 is 0. The molecule has 5 heteroatoms. The molecule has 1 heterocycles. The van der Waals surface area contributed by atoms with E-state index >= 15 is 0 Å². The van der Waals surface area contributed by atoms with E-state index in [9.17, 15) is 13.2 Å². The lowest BCUT2D eigenvalue weighted by molar-refractivity contribution is -0.136. The van der Waals surface area contributed by atoms with Gasteiger partial charge in [0, 0.05) is 16.5 Å². The molecule has 4 aromatic rings. The molecule has 2 nitrogen and oxygen atoms in total. The molecule has 0 atom stereocenters. The van der Waals surface area contributed by atoms with Crippen LogP contribution in [0.5, 0.6) is 0 Å². The van der Waals surface area contributed by atoms with Crippen LogP contribution in [0.3, 0.4) is 0 Å². The summed E-state index contributed by atoms with van der Waals surface area (Å²) in [5, 5.41) is 4.43. The predicted molar refractivity (Wildman–Crippen MR) is 97.8 cm³/mol. The Labute approximate surface area is 148 Å². The third-order valence-corrected chi connectivity index (χ3v) is 4.50. The number of hydrogen-bond donors (Lipinski definition) is 1. The smallest absolute Gasteiger partial charge is 0.420 e. The van der Waals surface area contributed by atoms with Crippen molar-refractivity contribution in [3.63, 3.8) is 0 Å². The molecule has 0 bridgehead atoms. The zero-order valence-corrected chi connectivity index (χ0v) is 14.0. The summed E-state index contributed by atoms with van der Waals surface area (Å²) in [6.45, 7) is 2.05. The number of aryl methyl sites for hydroxylation is 1. The van der Waals surface area contributed by atoms with Crippen molar-refractivity contribution in [1.29, 1.82) is 0 Å². The van der Waals surface area contributed by atoms with Gasteiger partial charge in [0.05, 0.1) is 11.3 Å². The van der Waals surface area contributed by atoms with Crippen LogP contribution >= 0.6 is 0 Å². The molecule has 0 spiro atoms. The van der Waals surface area contributed by atoms with E-state index in [1.165, 1.54) is 6.07 Å². The molecule has 0 unspecified atom stereocenters. The van der Waals surface area contributed by atoms with Crippen LogP contribution in [0, 0.1) is 0 Å². The van der Waals surface area contributed by atoms with Gasteiger partial charge in [-0.3, -0.25) is 0 Å². The number of anilines is 2. The quantitative estimate of drug-likeness (QED) is 0.432. The van der Waals surface area contributed by atoms with E-state index in [0.29, 0.717) is 22.0 Å². The van der Waals surface area contributed by atoms with Crippen LogP contribution in [0.25, 0.3) is 21.9 Å². The highest BCUT2D eigenvalue weighted by atomic mass is 19.4. The molecule has 0 amide bonds. The van der Waals surface area contributed by atoms with Crippen molar-refractivity contribution >= 4 is 33.3 Å². The molecule has 0 fully saturated rings. The molecular formula is C21H16F3NO. The standard InChI is InChI=1S/C21H16F3NO/c1-2-13-7-3-4-11-17(13)25-18-12-6-9-15-14-8-5-10-16(21(22,23)24)19(14)26-20(15)18/h3-12,25H,2H2,1H3. The number of rotatable bonds is 3. The number of nitrogens with one attached hydrogen (secondary N) is 1. The molecule has 26 heavy (non-hydrogen) atoms. The molecular weight excluding hydrogens is 339 g/mol. The van der Waals surface area contributed by atoms with E-state index in [2.05, 4.69) is 12.2 Å².